The van der Waals surface area contributed by atoms with E-state index in [9.17, 15) is 26.8 Å². The molecule has 2 saturated carbocycles. The first kappa shape index (κ1) is 32.8. The number of ether oxygens (including phenoxy) is 1. The van der Waals surface area contributed by atoms with Crippen molar-refractivity contribution >= 4 is 50.4 Å². The standard InChI is InChI=1S/C12H21BrF2O5S.C12H20OS/c13-9-7-5-3-1-2-4-6-8-10-20-11(16)12(14,15)21(17,18)19;1-9-5-4-8-12(9,14)10-6-2-3-7-11(10)13/h1-10H2,(H,17,18,19);9-10,14H,2-8H2,1H3. The van der Waals surface area contributed by atoms with Crippen molar-refractivity contribution in [2.75, 3.05) is 11.9 Å². The Labute approximate surface area is 223 Å². The van der Waals surface area contributed by atoms with Crippen molar-refractivity contribution in [3.05, 3.63) is 0 Å². The Kier molecular flexibility index (Phi) is 14.9. The minimum absolute atomic E-state index is 0.0392. The minimum Gasteiger partial charge on any atom is -0.460 e. The lowest BCUT2D eigenvalue weighted by Crippen LogP contribution is -2.41. The summed E-state index contributed by atoms with van der Waals surface area (Å²) >= 11 is 8.21. The van der Waals surface area contributed by atoms with Gasteiger partial charge in [0.05, 0.1) is 6.61 Å². The number of hydrogen-bond donors (Lipinski definition) is 2. The average Bonchev–Trinajstić information content (AvgIpc) is 3.13. The van der Waals surface area contributed by atoms with E-state index in [1.54, 1.807) is 0 Å². The lowest BCUT2D eigenvalue weighted by Gasteiger charge is -2.38. The van der Waals surface area contributed by atoms with Crippen LogP contribution in [-0.2, 0) is 24.4 Å². The molecule has 0 bridgehead atoms. The summed E-state index contributed by atoms with van der Waals surface area (Å²) in [7, 11) is -5.78. The molecule has 0 heterocycles. The van der Waals surface area contributed by atoms with E-state index >= 15 is 0 Å². The van der Waals surface area contributed by atoms with Gasteiger partial charge in [-0.25, -0.2) is 4.79 Å². The Bertz CT molecular complexity index is 765. The molecule has 0 radical (unpaired) electrons. The molecule has 0 saturated heterocycles. The first-order chi connectivity index (χ1) is 16.4. The fourth-order valence-electron chi connectivity index (χ4n) is 4.83. The number of esters is 1. The van der Waals surface area contributed by atoms with E-state index in [0.29, 0.717) is 24.5 Å². The number of carbonyl (C=O) groups excluding carboxylic acids is 2. The van der Waals surface area contributed by atoms with Crippen LogP contribution in [0.4, 0.5) is 8.78 Å². The van der Waals surface area contributed by atoms with Crippen molar-refractivity contribution in [3.8, 4) is 0 Å². The first-order valence-corrected chi connectivity index (χ1v) is 15.7. The van der Waals surface area contributed by atoms with Gasteiger partial charge < -0.3 is 4.74 Å². The highest BCUT2D eigenvalue weighted by atomic mass is 79.9. The van der Waals surface area contributed by atoms with Crippen molar-refractivity contribution in [2.45, 2.75) is 113 Å². The Hall–Kier alpha value is -0.260. The number of alkyl halides is 3. The number of Topliss-reactive ketones (excluding diaryl/α,β-unsaturated/α-hetero) is 1. The third kappa shape index (κ3) is 10.6. The molecule has 0 aromatic heterocycles. The van der Waals surface area contributed by atoms with Crippen LogP contribution in [0.5, 0.6) is 0 Å². The zero-order valence-electron chi connectivity index (χ0n) is 20.7. The van der Waals surface area contributed by atoms with Crippen LogP contribution in [0.2, 0.25) is 0 Å². The molecular formula is C24H41BrF2O6S2. The Morgan fingerprint density at radius 2 is 1.66 bits per heavy atom. The quantitative estimate of drug-likeness (QED) is 0.0790. The summed E-state index contributed by atoms with van der Waals surface area (Å²) in [4.78, 5) is 22.7. The largest absolute Gasteiger partial charge is 0.465 e. The van der Waals surface area contributed by atoms with Crippen LogP contribution in [0.25, 0.3) is 0 Å². The van der Waals surface area contributed by atoms with Crippen molar-refractivity contribution in [1.82, 2.24) is 0 Å². The van der Waals surface area contributed by atoms with Gasteiger partial charge in [-0.1, -0.05) is 74.2 Å². The molecule has 11 heteroatoms. The molecule has 206 valence electrons. The van der Waals surface area contributed by atoms with Gasteiger partial charge in [-0.15, -0.1) is 0 Å². The molecular weight excluding hydrogens is 566 g/mol. The van der Waals surface area contributed by atoms with Gasteiger partial charge in [0.1, 0.15) is 5.78 Å². The van der Waals surface area contributed by atoms with Crippen LogP contribution in [0.1, 0.15) is 103 Å². The van der Waals surface area contributed by atoms with Crippen molar-refractivity contribution < 1.29 is 36.1 Å². The number of carbonyl (C=O) groups is 2. The maximum atomic E-state index is 12.8. The van der Waals surface area contributed by atoms with Crippen LogP contribution in [0.3, 0.4) is 0 Å². The fraction of sp³-hybridized carbons (Fsp3) is 0.917. The van der Waals surface area contributed by atoms with E-state index in [-0.39, 0.29) is 17.3 Å². The van der Waals surface area contributed by atoms with Gasteiger partial charge in [0, 0.05) is 22.4 Å². The topological polar surface area (TPSA) is 97.7 Å². The third-order valence-corrected chi connectivity index (χ3v) is 9.40. The highest BCUT2D eigenvalue weighted by Gasteiger charge is 2.54. The maximum Gasteiger partial charge on any atom is 0.465 e. The van der Waals surface area contributed by atoms with Crippen LogP contribution >= 0.6 is 28.6 Å². The molecule has 2 fully saturated rings. The molecule has 0 aliphatic heterocycles. The molecule has 3 unspecified atom stereocenters. The molecule has 35 heavy (non-hydrogen) atoms. The van der Waals surface area contributed by atoms with Crippen LogP contribution in [0.15, 0.2) is 0 Å². The summed E-state index contributed by atoms with van der Waals surface area (Å²) in [5.74, 6) is -0.866. The molecule has 2 aliphatic carbocycles. The maximum absolute atomic E-state index is 12.8. The van der Waals surface area contributed by atoms with Crippen LogP contribution < -0.4 is 0 Å². The van der Waals surface area contributed by atoms with Crippen LogP contribution in [-0.4, -0.2) is 46.7 Å². The normalized spacial score (nSPS) is 25.1. The van der Waals surface area contributed by atoms with E-state index in [0.717, 1.165) is 63.1 Å². The predicted molar refractivity (Wildman–Crippen MR) is 140 cm³/mol. The van der Waals surface area contributed by atoms with E-state index in [1.165, 1.54) is 25.7 Å². The molecule has 2 aliphatic rings. The highest BCUT2D eigenvalue weighted by Crippen LogP contribution is 2.49. The number of ketones is 1. The summed E-state index contributed by atoms with van der Waals surface area (Å²) in [6.07, 6.45) is 15.5. The van der Waals surface area contributed by atoms with Gasteiger partial charge >= 0.3 is 21.3 Å². The lowest BCUT2D eigenvalue weighted by molar-refractivity contribution is -0.161. The number of rotatable bonds is 13. The molecule has 0 amide bonds. The van der Waals surface area contributed by atoms with E-state index in [2.05, 4.69) is 27.6 Å². The molecule has 0 aromatic rings. The van der Waals surface area contributed by atoms with Crippen molar-refractivity contribution in [3.63, 3.8) is 0 Å². The second-order valence-electron chi connectivity index (χ2n) is 9.69. The first-order valence-electron chi connectivity index (χ1n) is 12.7. The van der Waals surface area contributed by atoms with Crippen molar-refractivity contribution in [1.29, 1.82) is 0 Å². The number of halogens is 3. The number of thiol groups is 1. The molecule has 3 atom stereocenters. The molecule has 2 rings (SSSR count). The van der Waals surface area contributed by atoms with Crippen molar-refractivity contribution in [2.24, 2.45) is 11.8 Å². The Morgan fingerprint density at radius 1 is 1.09 bits per heavy atom. The Balaban J connectivity index is 0.000000375. The zero-order valence-corrected chi connectivity index (χ0v) is 24.0. The third-order valence-electron chi connectivity index (χ3n) is 7.05. The fourth-order valence-corrected chi connectivity index (χ4v) is 6.05. The second-order valence-corrected chi connectivity index (χ2v) is 12.8. The Morgan fingerprint density at radius 3 is 2.14 bits per heavy atom. The minimum atomic E-state index is -5.78. The molecule has 6 nitrogen and oxygen atoms in total. The SMILES string of the molecule is CC1CCCC1(S)C1CCCCC1=O.O=C(OCCCCCCCCCCBr)C(F)(F)S(=O)(=O)O. The zero-order chi connectivity index (χ0) is 26.5. The lowest BCUT2D eigenvalue weighted by atomic mass is 9.74. The van der Waals surface area contributed by atoms with Gasteiger partial charge in [0.25, 0.3) is 0 Å². The van der Waals surface area contributed by atoms with Gasteiger partial charge in [-0.05, 0) is 44.4 Å². The smallest absolute Gasteiger partial charge is 0.460 e. The average molecular weight is 608 g/mol. The second kappa shape index (κ2) is 15.9. The monoisotopic (exact) mass is 606 g/mol. The summed E-state index contributed by atoms with van der Waals surface area (Å²) in [6, 6.07) is 0. The number of unbranched alkanes of at least 4 members (excludes halogenated alkanes) is 7. The summed E-state index contributed by atoms with van der Waals surface area (Å²) in [5.41, 5.74) is 0. The predicted octanol–water partition coefficient (Wildman–Crippen LogP) is 6.76. The summed E-state index contributed by atoms with van der Waals surface area (Å²) in [5, 5.41) is -3.89. The molecule has 0 aromatic carbocycles. The van der Waals surface area contributed by atoms with Gasteiger partial charge in [-0.2, -0.15) is 29.8 Å². The van der Waals surface area contributed by atoms with E-state index in [4.69, 9.17) is 17.2 Å². The molecule has 1 N–H and O–H groups in total. The highest BCUT2D eigenvalue weighted by molar-refractivity contribution is 9.09. The van der Waals surface area contributed by atoms with Gasteiger partial charge in [-0.3, -0.25) is 9.35 Å². The van der Waals surface area contributed by atoms with Gasteiger partial charge in [0.2, 0.25) is 0 Å². The van der Waals surface area contributed by atoms with E-state index in [1.807, 2.05) is 0 Å². The van der Waals surface area contributed by atoms with Crippen LogP contribution in [0, 0.1) is 11.8 Å². The summed E-state index contributed by atoms with van der Waals surface area (Å²) < 4.78 is 58.5. The number of hydrogen-bond acceptors (Lipinski definition) is 6. The van der Waals surface area contributed by atoms with E-state index < -0.39 is 21.3 Å². The molecule has 0 spiro atoms. The summed E-state index contributed by atoms with van der Waals surface area (Å²) in [6.45, 7) is 1.98. The van der Waals surface area contributed by atoms with Gasteiger partial charge in [0.15, 0.2) is 0 Å².